The number of rotatable bonds is 2. The molecule has 1 aromatic carbocycles. The lowest BCUT2D eigenvalue weighted by atomic mass is 10.1. The number of benzene rings is 1. The van der Waals surface area contributed by atoms with Gasteiger partial charge in [-0.1, -0.05) is 0 Å². The van der Waals surface area contributed by atoms with Crippen molar-refractivity contribution >= 4 is 11.5 Å². The predicted octanol–water partition coefficient (Wildman–Crippen LogP) is 1.90. The molecule has 6 heteroatoms. The molecule has 0 radical (unpaired) electrons. The van der Waals surface area contributed by atoms with E-state index in [1.165, 1.54) is 17.8 Å². The van der Waals surface area contributed by atoms with Crippen LogP contribution in [0.15, 0.2) is 53.3 Å². The molecule has 0 saturated carbocycles. The number of halogens is 1. The Hall–Kier alpha value is -2.60. The summed E-state index contributed by atoms with van der Waals surface area (Å²) in [5, 5.41) is 12.7. The Balaban J connectivity index is 1.54. The molecule has 4 rings (SSSR count). The van der Waals surface area contributed by atoms with Gasteiger partial charge in [-0.2, -0.15) is 0 Å². The van der Waals surface area contributed by atoms with E-state index in [0.717, 1.165) is 37.7 Å². The van der Waals surface area contributed by atoms with E-state index in [0.29, 0.717) is 12.1 Å². The fourth-order valence-electron chi connectivity index (χ4n) is 3.08. The summed E-state index contributed by atoms with van der Waals surface area (Å²) in [6.07, 6.45) is 8.18. The Morgan fingerprint density at radius 3 is 2.79 bits per heavy atom. The van der Waals surface area contributed by atoms with Gasteiger partial charge >= 0.3 is 0 Å². The second-order valence-electron chi connectivity index (χ2n) is 6.00. The highest BCUT2D eigenvalue weighted by atomic mass is 19.1. The molecule has 0 spiro atoms. The molecule has 0 aromatic heterocycles. The summed E-state index contributed by atoms with van der Waals surface area (Å²) in [6, 6.07) is 4.35. The first-order valence-electron chi connectivity index (χ1n) is 8.11. The maximum atomic E-state index is 13.6. The summed E-state index contributed by atoms with van der Waals surface area (Å²) in [5.41, 5.74) is 2.59. The van der Waals surface area contributed by atoms with Crippen LogP contribution in [0.5, 0.6) is 5.75 Å². The zero-order valence-electron chi connectivity index (χ0n) is 13.2. The fraction of sp³-hybridized carbons (Fsp3) is 0.278. The van der Waals surface area contributed by atoms with Gasteiger partial charge in [0.25, 0.3) is 0 Å². The molecule has 0 amide bonds. The summed E-state index contributed by atoms with van der Waals surface area (Å²) < 4.78 is 13.6. The highest BCUT2D eigenvalue weighted by Crippen LogP contribution is 2.26. The summed E-state index contributed by atoms with van der Waals surface area (Å²) in [6.45, 7) is 4.70. The first kappa shape index (κ1) is 15.0. The van der Waals surface area contributed by atoms with Gasteiger partial charge in [0.1, 0.15) is 5.84 Å². The Morgan fingerprint density at radius 2 is 2.00 bits per heavy atom. The number of amidine groups is 1. The van der Waals surface area contributed by atoms with Crippen molar-refractivity contribution < 1.29 is 9.50 Å². The van der Waals surface area contributed by atoms with Gasteiger partial charge in [-0.15, -0.1) is 0 Å². The molecule has 0 aliphatic carbocycles. The maximum Gasteiger partial charge on any atom is 0.165 e. The molecule has 3 aliphatic heterocycles. The van der Waals surface area contributed by atoms with Gasteiger partial charge < -0.3 is 20.2 Å². The van der Waals surface area contributed by atoms with E-state index in [9.17, 15) is 9.50 Å². The lowest BCUT2D eigenvalue weighted by molar-refractivity contribution is 0.302. The van der Waals surface area contributed by atoms with Crippen molar-refractivity contribution in [2.45, 2.75) is 0 Å². The van der Waals surface area contributed by atoms with Crippen LogP contribution in [0.4, 0.5) is 4.39 Å². The largest absolute Gasteiger partial charge is 0.505 e. The van der Waals surface area contributed by atoms with Crippen LogP contribution < -0.4 is 5.32 Å². The Kier molecular flexibility index (Phi) is 3.82. The lowest BCUT2D eigenvalue weighted by Crippen LogP contribution is -2.44. The minimum atomic E-state index is -0.629. The van der Waals surface area contributed by atoms with Gasteiger partial charge in [0.2, 0.25) is 0 Å². The van der Waals surface area contributed by atoms with Gasteiger partial charge in [-0.3, -0.25) is 0 Å². The molecule has 3 aliphatic rings. The predicted molar refractivity (Wildman–Crippen MR) is 91.8 cm³/mol. The number of piperazine rings is 1. The number of hydrogen-bond donors (Lipinski definition) is 2. The highest BCUT2D eigenvalue weighted by Gasteiger charge is 2.20. The third-order valence-corrected chi connectivity index (χ3v) is 4.43. The van der Waals surface area contributed by atoms with Crippen molar-refractivity contribution in [2.75, 3.05) is 32.7 Å². The van der Waals surface area contributed by atoms with E-state index in [1.54, 1.807) is 6.07 Å². The van der Waals surface area contributed by atoms with Crippen molar-refractivity contribution in [1.82, 2.24) is 15.1 Å². The Morgan fingerprint density at radius 1 is 1.17 bits per heavy atom. The number of nitrogens with zero attached hydrogens (tertiary/aromatic N) is 3. The van der Waals surface area contributed by atoms with Crippen molar-refractivity contribution in [3.63, 3.8) is 0 Å². The number of fused-ring (bicyclic) bond motifs is 1. The summed E-state index contributed by atoms with van der Waals surface area (Å²) in [5.74, 6) is -0.124. The van der Waals surface area contributed by atoms with E-state index in [1.807, 2.05) is 12.2 Å². The van der Waals surface area contributed by atoms with Gasteiger partial charge in [-0.25, -0.2) is 9.38 Å². The second kappa shape index (κ2) is 6.13. The van der Waals surface area contributed by atoms with Crippen molar-refractivity contribution in [1.29, 1.82) is 0 Å². The van der Waals surface area contributed by atoms with E-state index in [2.05, 4.69) is 32.4 Å². The van der Waals surface area contributed by atoms with Crippen molar-refractivity contribution in [2.24, 2.45) is 4.99 Å². The van der Waals surface area contributed by atoms with Crippen LogP contribution in [0, 0.1) is 5.82 Å². The number of phenolic OH excluding ortho intramolecular Hbond substituents is 1. The molecular formula is C18H19FN4O. The smallest absolute Gasteiger partial charge is 0.165 e. The number of phenols is 1. The molecule has 124 valence electrons. The third-order valence-electron chi connectivity index (χ3n) is 4.43. The summed E-state index contributed by atoms with van der Waals surface area (Å²) >= 11 is 0. The van der Waals surface area contributed by atoms with E-state index in [-0.39, 0.29) is 5.75 Å². The molecule has 0 unspecified atom stereocenters. The lowest BCUT2D eigenvalue weighted by Gasteiger charge is -2.34. The average Bonchev–Trinajstić information content (AvgIpc) is 2.64. The zero-order chi connectivity index (χ0) is 16.5. The van der Waals surface area contributed by atoms with Crippen LogP contribution in [-0.2, 0) is 0 Å². The van der Waals surface area contributed by atoms with Crippen molar-refractivity contribution in [3.05, 3.63) is 59.7 Å². The number of aromatic hydroxyl groups is 1. The number of allylic oxidation sites excluding steroid dienone is 1. The minimum Gasteiger partial charge on any atom is -0.505 e. The molecule has 1 aromatic rings. The maximum absolute atomic E-state index is 13.6. The average molecular weight is 326 g/mol. The van der Waals surface area contributed by atoms with E-state index < -0.39 is 5.82 Å². The van der Waals surface area contributed by atoms with Crippen LogP contribution in [0.25, 0.3) is 5.70 Å². The van der Waals surface area contributed by atoms with Crippen LogP contribution in [-0.4, -0.2) is 53.5 Å². The minimum absolute atomic E-state index is 0.342. The quantitative estimate of drug-likeness (QED) is 0.872. The number of aliphatic imine (C=N–C) groups is 1. The first-order chi connectivity index (χ1) is 11.7. The third kappa shape index (κ3) is 2.80. The van der Waals surface area contributed by atoms with Gasteiger partial charge in [-0.05, 0) is 36.4 Å². The first-order valence-corrected chi connectivity index (χ1v) is 8.11. The Labute approximate surface area is 140 Å². The SMILES string of the molecule is Oc1ccc(C2=CCN3C=C(N4CCNCC4)C=CC3=N2)cc1F. The van der Waals surface area contributed by atoms with Gasteiger partial charge in [0.15, 0.2) is 11.6 Å². The molecule has 2 N–H and O–H groups in total. The van der Waals surface area contributed by atoms with Crippen LogP contribution >= 0.6 is 0 Å². The van der Waals surface area contributed by atoms with Crippen molar-refractivity contribution in [3.8, 4) is 5.75 Å². The molecule has 24 heavy (non-hydrogen) atoms. The molecule has 0 atom stereocenters. The Bertz CT molecular complexity index is 775. The molecule has 0 bridgehead atoms. The summed E-state index contributed by atoms with van der Waals surface area (Å²) in [4.78, 5) is 9.07. The van der Waals surface area contributed by atoms with Gasteiger partial charge in [0.05, 0.1) is 11.4 Å². The van der Waals surface area contributed by atoms with Crippen LogP contribution in [0.1, 0.15) is 5.56 Å². The monoisotopic (exact) mass is 326 g/mol. The molecule has 1 saturated heterocycles. The van der Waals surface area contributed by atoms with E-state index in [4.69, 9.17) is 0 Å². The number of hydrogen-bond acceptors (Lipinski definition) is 5. The fourth-order valence-corrected chi connectivity index (χ4v) is 3.08. The topological polar surface area (TPSA) is 51.1 Å². The van der Waals surface area contributed by atoms with Gasteiger partial charge in [0, 0.05) is 44.5 Å². The normalized spacial score (nSPS) is 20.3. The standard InChI is InChI=1S/C18H19FN4O/c19-15-11-13(1-3-17(15)24)16-5-8-23-12-14(2-4-18(23)21-16)22-9-6-20-7-10-22/h1-5,11-12,20,24H,6-10H2. The van der Waals surface area contributed by atoms with Crippen LogP contribution in [0.2, 0.25) is 0 Å². The highest BCUT2D eigenvalue weighted by molar-refractivity contribution is 6.00. The van der Waals surface area contributed by atoms with E-state index >= 15 is 0 Å². The molecule has 1 fully saturated rings. The molecular weight excluding hydrogens is 307 g/mol. The summed E-state index contributed by atoms with van der Waals surface area (Å²) in [7, 11) is 0. The molecule has 5 nitrogen and oxygen atoms in total. The zero-order valence-corrected chi connectivity index (χ0v) is 13.2. The molecule has 3 heterocycles. The van der Waals surface area contributed by atoms with Crippen LogP contribution in [0.3, 0.4) is 0 Å². The number of nitrogens with one attached hydrogen (secondary N) is 1. The second-order valence-corrected chi connectivity index (χ2v) is 6.00.